The molecule has 2 rings (SSSR count). The van der Waals surface area contributed by atoms with Crippen molar-refractivity contribution in [2.24, 2.45) is 0 Å². The molecular formula is C16H20BrNO3P+. The Balaban J connectivity index is 2.33. The number of hydrogen-bond acceptors (Lipinski definition) is 3. The normalized spacial score (nSPS) is 13.7. The lowest BCUT2D eigenvalue weighted by molar-refractivity contribution is -0.845. The van der Waals surface area contributed by atoms with Gasteiger partial charge in [0, 0.05) is 4.47 Å². The minimum absolute atomic E-state index is 0.412. The minimum atomic E-state index is -3.00. The quantitative estimate of drug-likeness (QED) is 0.778. The van der Waals surface area contributed by atoms with E-state index in [1.165, 1.54) is 0 Å². The van der Waals surface area contributed by atoms with Crippen molar-refractivity contribution in [2.45, 2.75) is 0 Å². The van der Waals surface area contributed by atoms with Gasteiger partial charge in [0.2, 0.25) is 0 Å². The first kappa shape index (κ1) is 17.1. The van der Waals surface area contributed by atoms with Gasteiger partial charge in [0.25, 0.3) is 0 Å². The van der Waals surface area contributed by atoms with Crippen molar-refractivity contribution in [3.05, 3.63) is 53.0 Å². The molecule has 0 amide bonds. The summed E-state index contributed by atoms with van der Waals surface area (Å²) < 4.78 is 25.4. The number of quaternary nitrogens is 1. The third-order valence-corrected chi connectivity index (χ3v) is 6.22. The molecule has 0 radical (unpaired) electrons. The number of halogens is 1. The molecule has 118 valence electrons. The van der Waals surface area contributed by atoms with Crippen molar-refractivity contribution in [2.75, 3.05) is 27.5 Å². The number of benzene rings is 2. The van der Waals surface area contributed by atoms with Gasteiger partial charge in [0.05, 0.1) is 26.5 Å². The van der Waals surface area contributed by atoms with Crippen LogP contribution in [-0.2, 0) is 4.57 Å². The molecule has 0 aliphatic heterocycles. The van der Waals surface area contributed by atoms with Crippen molar-refractivity contribution < 1.29 is 18.7 Å². The summed E-state index contributed by atoms with van der Waals surface area (Å²) in [5.41, 5.74) is 0. The predicted molar refractivity (Wildman–Crippen MR) is 92.7 cm³/mol. The standard InChI is InChI=1S/C16H19BrNO3P/c1-18(2)12-22(19,16-10-8-14(20-3)9-11-16)21-15-6-4-13(17)5-7-15/h4-11H,12H2,1-3H3/p+1. The summed E-state index contributed by atoms with van der Waals surface area (Å²) in [5.74, 6) is 1.33. The van der Waals surface area contributed by atoms with Gasteiger partial charge in [-0.15, -0.1) is 0 Å². The average Bonchev–Trinajstić information content (AvgIpc) is 2.49. The molecule has 2 aromatic rings. The Labute approximate surface area is 139 Å². The Bertz CT molecular complexity index is 656. The first-order valence-corrected chi connectivity index (χ1v) is 9.51. The second kappa shape index (κ2) is 7.32. The molecule has 2 aromatic carbocycles. The monoisotopic (exact) mass is 384 g/mol. The summed E-state index contributed by atoms with van der Waals surface area (Å²) >= 11 is 3.38. The Morgan fingerprint density at radius 3 is 2.05 bits per heavy atom. The number of ether oxygens (including phenoxy) is 1. The Hall–Kier alpha value is -1.29. The average molecular weight is 385 g/mol. The van der Waals surface area contributed by atoms with Crippen molar-refractivity contribution >= 4 is 28.6 Å². The number of rotatable bonds is 6. The number of hydrogen-bond donors (Lipinski definition) is 1. The van der Waals surface area contributed by atoms with Crippen molar-refractivity contribution in [3.63, 3.8) is 0 Å². The van der Waals surface area contributed by atoms with Crippen molar-refractivity contribution in [1.29, 1.82) is 0 Å². The van der Waals surface area contributed by atoms with Gasteiger partial charge in [-0.1, -0.05) is 15.9 Å². The third-order valence-electron chi connectivity index (χ3n) is 3.06. The summed E-state index contributed by atoms with van der Waals surface area (Å²) in [6.45, 7) is 0. The van der Waals surface area contributed by atoms with Gasteiger partial charge in [0.1, 0.15) is 11.5 Å². The van der Waals surface area contributed by atoms with Crippen molar-refractivity contribution in [1.82, 2.24) is 0 Å². The SMILES string of the molecule is COc1ccc(P(=O)(C[NH+](C)C)Oc2ccc(Br)cc2)cc1. The lowest BCUT2D eigenvalue weighted by Crippen LogP contribution is -3.05. The van der Waals surface area contributed by atoms with Gasteiger partial charge < -0.3 is 14.2 Å². The Kier molecular flexibility index (Phi) is 5.68. The van der Waals surface area contributed by atoms with E-state index in [4.69, 9.17) is 9.26 Å². The molecule has 0 aliphatic rings. The van der Waals surface area contributed by atoms with Crippen molar-refractivity contribution in [3.8, 4) is 11.5 Å². The maximum absolute atomic E-state index is 13.4. The van der Waals surface area contributed by atoms with Gasteiger partial charge in [-0.3, -0.25) is 4.57 Å². The molecule has 0 bridgehead atoms. The second-order valence-corrected chi connectivity index (χ2v) is 8.56. The predicted octanol–water partition coefficient (Wildman–Crippen LogP) is 2.54. The molecule has 1 unspecified atom stereocenters. The molecule has 1 N–H and O–H groups in total. The van der Waals surface area contributed by atoms with E-state index in [2.05, 4.69) is 15.9 Å². The van der Waals surface area contributed by atoms with Gasteiger partial charge in [-0.25, -0.2) is 0 Å². The maximum Gasteiger partial charge on any atom is 0.329 e. The largest absolute Gasteiger partial charge is 0.497 e. The fraction of sp³-hybridized carbons (Fsp3) is 0.250. The van der Waals surface area contributed by atoms with Crippen LogP contribution in [0.15, 0.2) is 53.0 Å². The summed E-state index contributed by atoms with van der Waals surface area (Å²) in [4.78, 5) is 1.07. The van der Waals surface area contributed by atoms with E-state index < -0.39 is 7.37 Å². The maximum atomic E-state index is 13.4. The molecule has 0 heterocycles. The molecular weight excluding hydrogens is 365 g/mol. The van der Waals surface area contributed by atoms with E-state index in [-0.39, 0.29) is 0 Å². The fourth-order valence-corrected chi connectivity index (χ4v) is 4.58. The first-order chi connectivity index (χ1) is 10.4. The summed E-state index contributed by atoms with van der Waals surface area (Å²) in [5, 5.41) is 0.692. The van der Waals surface area contributed by atoms with Crippen LogP contribution in [0.3, 0.4) is 0 Å². The van der Waals surface area contributed by atoms with Crippen LogP contribution in [0.25, 0.3) is 0 Å². The number of methoxy groups -OCH3 is 1. The summed E-state index contributed by atoms with van der Waals surface area (Å²) in [6.07, 6.45) is 0.412. The lowest BCUT2D eigenvalue weighted by Gasteiger charge is -2.21. The Morgan fingerprint density at radius 2 is 1.55 bits per heavy atom. The molecule has 0 spiro atoms. The van der Waals surface area contributed by atoms with E-state index in [0.29, 0.717) is 17.3 Å². The van der Waals surface area contributed by atoms with Gasteiger partial charge in [-0.05, 0) is 48.5 Å². The van der Waals surface area contributed by atoms with Gasteiger partial charge >= 0.3 is 7.37 Å². The van der Waals surface area contributed by atoms with Crippen LogP contribution in [0, 0.1) is 0 Å². The molecule has 22 heavy (non-hydrogen) atoms. The van der Waals surface area contributed by atoms with Crippen LogP contribution in [0.2, 0.25) is 0 Å². The molecule has 0 saturated carbocycles. The summed E-state index contributed by atoms with van der Waals surface area (Å²) in [7, 11) is 2.52. The zero-order chi connectivity index (χ0) is 16.2. The van der Waals surface area contributed by atoms with E-state index >= 15 is 0 Å². The van der Waals surface area contributed by atoms with E-state index in [0.717, 1.165) is 15.1 Å². The molecule has 4 nitrogen and oxygen atoms in total. The highest BCUT2D eigenvalue weighted by Gasteiger charge is 2.31. The summed E-state index contributed by atoms with van der Waals surface area (Å²) in [6, 6.07) is 14.6. The zero-order valence-corrected chi connectivity index (χ0v) is 15.4. The highest BCUT2D eigenvalue weighted by atomic mass is 79.9. The van der Waals surface area contributed by atoms with Crippen LogP contribution < -0.4 is 19.5 Å². The highest BCUT2D eigenvalue weighted by molar-refractivity contribution is 9.10. The molecule has 0 aromatic heterocycles. The lowest BCUT2D eigenvalue weighted by atomic mass is 10.3. The van der Waals surface area contributed by atoms with Crippen LogP contribution in [0.4, 0.5) is 0 Å². The van der Waals surface area contributed by atoms with Crippen LogP contribution in [0.5, 0.6) is 11.5 Å². The van der Waals surface area contributed by atoms with Crippen LogP contribution in [0.1, 0.15) is 0 Å². The van der Waals surface area contributed by atoms with E-state index in [9.17, 15) is 4.57 Å². The molecule has 0 fully saturated rings. The molecule has 1 atom stereocenters. The van der Waals surface area contributed by atoms with Gasteiger partial charge in [-0.2, -0.15) is 0 Å². The first-order valence-electron chi connectivity index (χ1n) is 6.91. The second-order valence-electron chi connectivity index (χ2n) is 5.28. The zero-order valence-electron chi connectivity index (χ0n) is 12.9. The smallest absolute Gasteiger partial charge is 0.329 e. The topological polar surface area (TPSA) is 40.0 Å². The molecule has 0 saturated heterocycles. The fourth-order valence-electron chi connectivity index (χ4n) is 2.07. The van der Waals surface area contributed by atoms with E-state index in [1.54, 1.807) is 31.4 Å². The highest BCUT2D eigenvalue weighted by Crippen LogP contribution is 2.44. The van der Waals surface area contributed by atoms with Crippen LogP contribution >= 0.6 is 23.3 Å². The molecule has 0 aliphatic carbocycles. The third kappa shape index (κ3) is 4.35. The van der Waals surface area contributed by atoms with Crippen LogP contribution in [-0.4, -0.2) is 27.5 Å². The van der Waals surface area contributed by atoms with Gasteiger partial charge in [0.15, 0.2) is 6.29 Å². The van der Waals surface area contributed by atoms with E-state index in [1.807, 2.05) is 38.4 Å². The Morgan fingerprint density at radius 1 is 1.00 bits per heavy atom. The number of nitrogens with one attached hydrogen (secondary N) is 1. The molecule has 6 heteroatoms. The minimum Gasteiger partial charge on any atom is -0.497 e.